The summed E-state index contributed by atoms with van der Waals surface area (Å²) in [6.07, 6.45) is 3.48. The molecular weight excluding hydrogens is 466 g/mol. The van der Waals surface area contributed by atoms with Crippen molar-refractivity contribution in [1.82, 2.24) is 30.1 Å². The van der Waals surface area contributed by atoms with Crippen LogP contribution in [0.3, 0.4) is 0 Å². The number of rotatable bonds is 5. The van der Waals surface area contributed by atoms with Crippen molar-refractivity contribution in [3.8, 4) is 28.5 Å². The van der Waals surface area contributed by atoms with Gasteiger partial charge in [0.05, 0.1) is 22.8 Å². The van der Waals surface area contributed by atoms with E-state index in [9.17, 15) is 4.79 Å². The Morgan fingerprint density at radius 2 is 1.84 bits per heavy atom. The number of fused-ring (bicyclic) bond motifs is 1. The van der Waals surface area contributed by atoms with Crippen LogP contribution in [-0.4, -0.2) is 30.6 Å². The van der Waals surface area contributed by atoms with Crippen molar-refractivity contribution in [2.75, 3.05) is 0 Å². The summed E-state index contributed by atoms with van der Waals surface area (Å²) in [5.41, 5.74) is 6.86. The van der Waals surface area contributed by atoms with E-state index in [1.54, 1.807) is 16.6 Å². The summed E-state index contributed by atoms with van der Waals surface area (Å²) >= 11 is 0. The minimum Gasteiger partial charge on any atom is -0.345 e. The molecule has 5 rings (SSSR count). The van der Waals surface area contributed by atoms with Crippen molar-refractivity contribution in [2.24, 2.45) is 0 Å². The predicted octanol–water partition coefficient (Wildman–Crippen LogP) is 4.85. The molecule has 0 radical (unpaired) electrons. The zero-order valence-electron chi connectivity index (χ0n) is 21.0. The number of nitrogens with one attached hydrogen (secondary N) is 1. The standard InChI is InChI=1S/C28H25N7O2/c1-17-11-20(9-10-21(17)14-30-26(36)25-33-27(37-34-25)28(2,3)4)24-23-12-22(15-35(23)32-16-31-24)19-7-5-18(13-29)6-8-19/h5-12,15-16H,14H2,1-4H3,(H,30,36). The summed E-state index contributed by atoms with van der Waals surface area (Å²) in [5.74, 6) is 0.0553. The highest BCUT2D eigenvalue weighted by atomic mass is 16.5. The van der Waals surface area contributed by atoms with E-state index in [0.717, 1.165) is 39.0 Å². The van der Waals surface area contributed by atoms with Crippen molar-refractivity contribution in [3.63, 3.8) is 0 Å². The maximum Gasteiger partial charge on any atom is 0.292 e. The molecule has 9 nitrogen and oxygen atoms in total. The maximum absolute atomic E-state index is 12.5. The summed E-state index contributed by atoms with van der Waals surface area (Å²) < 4.78 is 7.02. The van der Waals surface area contributed by atoms with Crippen LogP contribution in [0.4, 0.5) is 0 Å². The van der Waals surface area contributed by atoms with Gasteiger partial charge < -0.3 is 9.84 Å². The van der Waals surface area contributed by atoms with Gasteiger partial charge in [-0.05, 0) is 47.9 Å². The normalized spacial score (nSPS) is 11.4. The van der Waals surface area contributed by atoms with Crippen LogP contribution >= 0.6 is 0 Å². The quantitative estimate of drug-likeness (QED) is 0.373. The van der Waals surface area contributed by atoms with Crippen LogP contribution in [0.15, 0.2) is 65.6 Å². The van der Waals surface area contributed by atoms with Gasteiger partial charge in [-0.15, -0.1) is 0 Å². The van der Waals surface area contributed by atoms with Crippen molar-refractivity contribution < 1.29 is 9.32 Å². The van der Waals surface area contributed by atoms with Crippen LogP contribution in [0.1, 0.15) is 54.0 Å². The molecule has 1 amide bonds. The first-order valence-electron chi connectivity index (χ1n) is 11.8. The van der Waals surface area contributed by atoms with Crippen LogP contribution in [0.5, 0.6) is 0 Å². The Hall–Kier alpha value is -4.84. The summed E-state index contributed by atoms with van der Waals surface area (Å²) in [7, 11) is 0. The van der Waals surface area contributed by atoms with Crippen molar-refractivity contribution in [1.29, 1.82) is 5.26 Å². The lowest BCUT2D eigenvalue weighted by atomic mass is 9.97. The molecule has 0 spiro atoms. The number of aryl methyl sites for hydroxylation is 1. The van der Waals surface area contributed by atoms with E-state index in [4.69, 9.17) is 9.78 Å². The molecule has 0 saturated heterocycles. The fraction of sp³-hybridized carbons (Fsp3) is 0.214. The monoisotopic (exact) mass is 491 g/mol. The lowest BCUT2D eigenvalue weighted by molar-refractivity contribution is 0.0937. The highest BCUT2D eigenvalue weighted by molar-refractivity contribution is 5.90. The molecule has 0 aliphatic carbocycles. The van der Waals surface area contributed by atoms with E-state index in [-0.39, 0.29) is 17.1 Å². The van der Waals surface area contributed by atoms with Crippen LogP contribution < -0.4 is 5.32 Å². The molecule has 0 bridgehead atoms. The number of amides is 1. The molecule has 5 aromatic rings. The lowest BCUT2D eigenvalue weighted by Crippen LogP contribution is -2.24. The molecule has 3 aromatic heterocycles. The Bertz CT molecular complexity index is 1650. The molecular formula is C28H25N7O2. The molecule has 1 N–H and O–H groups in total. The van der Waals surface area contributed by atoms with Crippen LogP contribution in [0.25, 0.3) is 27.9 Å². The molecule has 37 heavy (non-hydrogen) atoms. The SMILES string of the molecule is Cc1cc(-c2ncnn3cc(-c4ccc(C#N)cc4)cc23)ccc1CNC(=O)c1noc(C(C)(C)C)n1. The number of nitriles is 1. The number of hydrogen-bond acceptors (Lipinski definition) is 7. The second-order valence-corrected chi connectivity index (χ2v) is 9.85. The fourth-order valence-corrected chi connectivity index (χ4v) is 3.96. The van der Waals surface area contributed by atoms with Crippen LogP contribution in [0.2, 0.25) is 0 Å². The molecule has 184 valence electrons. The van der Waals surface area contributed by atoms with Gasteiger partial charge in [0.2, 0.25) is 5.89 Å². The van der Waals surface area contributed by atoms with E-state index in [0.29, 0.717) is 18.0 Å². The minimum absolute atomic E-state index is 0.0221. The van der Waals surface area contributed by atoms with Gasteiger partial charge in [-0.25, -0.2) is 9.50 Å². The summed E-state index contributed by atoms with van der Waals surface area (Å²) in [6.45, 7) is 8.16. The van der Waals surface area contributed by atoms with Gasteiger partial charge in [0.15, 0.2) is 0 Å². The Morgan fingerprint density at radius 1 is 1.08 bits per heavy atom. The number of nitrogens with zero attached hydrogens (tertiary/aromatic N) is 6. The first-order chi connectivity index (χ1) is 17.7. The number of aromatic nitrogens is 5. The zero-order valence-corrected chi connectivity index (χ0v) is 21.0. The van der Waals surface area contributed by atoms with E-state index in [1.165, 1.54) is 6.33 Å². The molecule has 0 saturated carbocycles. The highest BCUT2D eigenvalue weighted by Crippen LogP contribution is 2.29. The summed E-state index contributed by atoms with van der Waals surface area (Å²) in [6, 6.07) is 17.6. The molecule has 0 aliphatic rings. The highest BCUT2D eigenvalue weighted by Gasteiger charge is 2.24. The first kappa shape index (κ1) is 23.9. The zero-order chi connectivity index (χ0) is 26.2. The van der Waals surface area contributed by atoms with Gasteiger partial charge in [0.1, 0.15) is 6.33 Å². The molecule has 0 unspecified atom stereocenters. The van der Waals surface area contributed by atoms with E-state index in [2.05, 4.69) is 31.6 Å². The van der Waals surface area contributed by atoms with Crippen molar-refractivity contribution in [2.45, 2.75) is 39.7 Å². The average Bonchev–Trinajstić information content (AvgIpc) is 3.56. The summed E-state index contributed by atoms with van der Waals surface area (Å²) in [4.78, 5) is 21.3. The maximum atomic E-state index is 12.5. The molecule has 0 aliphatic heterocycles. The Morgan fingerprint density at radius 3 is 2.51 bits per heavy atom. The van der Waals surface area contributed by atoms with Gasteiger partial charge in [-0.3, -0.25) is 4.79 Å². The third-order valence-electron chi connectivity index (χ3n) is 6.08. The number of carbonyl (C=O) groups excluding carboxylic acids is 1. The third-order valence-corrected chi connectivity index (χ3v) is 6.08. The van der Waals surface area contributed by atoms with E-state index >= 15 is 0 Å². The first-order valence-corrected chi connectivity index (χ1v) is 11.8. The Balaban J connectivity index is 1.36. The van der Waals surface area contributed by atoms with Gasteiger partial charge in [-0.1, -0.05) is 50.2 Å². The van der Waals surface area contributed by atoms with Gasteiger partial charge in [0.25, 0.3) is 11.7 Å². The largest absolute Gasteiger partial charge is 0.345 e. The van der Waals surface area contributed by atoms with E-state index < -0.39 is 0 Å². The fourth-order valence-electron chi connectivity index (χ4n) is 3.96. The van der Waals surface area contributed by atoms with Gasteiger partial charge in [-0.2, -0.15) is 15.3 Å². The predicted molar refractivity (Wildman–Crippen MR) is 137 cm³/mol. The molecule has 9 heteroatoms. The van der Waals surface area contributed by atoms with Crippen molar-refractivity contribution >= 4 is 11.4 Å². The molecule has 0 fully saturated rings. The Labute approximate surface area is 213 Å². The third kappa shape index (κ3) is 4.82. The van der Waals surface area contributed by atoms with Crippen LogP contribution in [-0.2, 0) is 12.0 Å². The Kier molecular flexibility index (Phi) is 6.01. The molecule has 0 atom stereocenters. The molecule has 3 heterocycles. The number of carbonyl (C=O) groups is 1. The smallest absolute Gasteiger partial charge is 0.292 e. The average molecular weight is 492 g/mol. The van der Waals surface area contributed by atoms with Gasteiger partial charge >= 0.3 is 0 Å². The second kappa shape index (κ2) is 9.32. The second-order valence-electron chi connectivity index (χ2n) is 9.85. The van der Waals surface area contributed by atoms with Gasteiger partial charge in [0, 0.05) is 29.3 Å². The lowest BCUT2D eigenvalue weighted by Gasteiger charge is -2.10. The minimum atomic E-state index is -0.385. The van der Waals surface area contributed by atoms with Crippen molar-refractivity contribution in [3.05, 3.63) is 89.5 Å². The number of hydrogen-bond donors (Lipinski definition) is 1. The van der Waals surface area contributed by atoms with E-state index in [1.807, 2.05) is 70.3 Å². The number of benzene rings is 2. The molecule has 2 aromatic carbocycles. The topological polar surface area (TPSA) is 122 Å². The van der Waals surface area contributed by atoms with Crippen LogP contribution in [0, 0.1) is 18.3 Å². The summed E-state index contributed by atoms with van der Waals surface area (Å²) in [5, 5.41) is 20.1.